The Hall–Kier alpha value is -3.48. The summed E-state index contributed by atoms with van der Waals surface area (Å²) in [6.45, 7) is 0.505. The van der Waals surface area contributed by atoms with Gasteiger partial charge in [-0.15, -0.1) is 10.2 Å². The van der Waals surface area contributed by atoms with Crippen molar-refractivity contribution in [3.05, 3.63) is 77.7 Å². The first-order valence-electron chi connectivity index (χ1n) is 8.42. The van der Waals surface area contributed by atoms with Crippen LogP contribution in [0.4, 0.5) is 15.9 Å². The number of nitrogens with zero attached hydrogens (tertiary/aromatic N) is 2. The molecule has 2 aromatic carbocycles. The molecule has 1 heterocycles. The van der Waals surface area contributed by atoms with E-state index in [2.05, 4.69) is 20.8 Å². The van der Waals surface area contributed by atoms with Crippen molar-refractivity contribution in [2.24, 2.45) is 0 Å². The zero-order valence-electron chi connectivity index (χ0n) is 14.8. The number of nitrogens with one attached hydrogen (secondary N) is 2. The maximum Gasteiger partial charge on any atom is 0.276 e. The lowest BCUT2D eigenvalue weighted by molar-refractivity contribution is 0.102. The normalized spacial score (nSPS) is 10.3. The second-order valence-corrected chi connectivity index (χ2v) is 5.76. The minimum atomic E-state index is -0.367. The smallest absolute Gasteiger partial charge is 0.276 e. The third kappa shape index (κ3) is 5.01. The van der Waals surface area contributed by atoms with Gasteiger partial charge < -0.3 is 15.4 Å². The van der Waals surface area contributed by atoms with Gasteiger partial charge in [0, 0.05) is 18.3 Å². The van der Waals surface area contributed by atoms with Gasteiger partial charge in [0.2, 0.25) is 0 Å². The Morgan fingerprint density at radius 3 is 2.67 bits per heavy atom. The third-order valence-corrected chi connectivity index (χ3v) is 3.88. The molecule has 0 bridgehead atoms. The summed E-state index contributed by atoms with van der Waals surface area (Å²) in [5.74, 6) is 0.571. The van der Waals surface area contributed by atoms with Crippen molar-refractivity contribution < 1.29 is 13.9 Å². The topological polar surface area (TPSA) is 76.1 Å². The zero-order chi connectivity index (χ0) is 19.1. The van der Waals surface area contributed by atoms with Crippen LogP contribution in [0.15, 0.2) is 60.7 Å². The standard InChI is InChI=1S/C20H19FN4O2/c1-27-16-7-4-6-15(13-16)23-20(26)18-9-10-19(25-24-18)22-12-11-14-5-2-3-8-17(14)21/h2-10,13H,11-12H2,1H3,(H,22,25)(H,23,26). The monoisotopic (exact) mass is 366 g/mol. The van der Waals surface area contributed by atoms with Crippen molar-refractivity contribution in [3.8, 4) is 5.75 Å². The summed E-state index contributed by atoms with van der Waals surface area (Å²) >= 11 is 0. The van der Waals surface area contributed by atoms with Crippen LogP contribution >= 0.6 is 0 Å². The molecule has 0 unspecified atom stereocenters. The van der Waals surface area contributed by atoms with Gasteiger partial charge in [0.05, 0.1) is 7.11 Å². The number of aromatic nitrogens is 2. The van der Waals surface area contributed by atoms with E-state index < -0.39 is 0 Å². The molecule has 0 aliphatic heterocycles. The molecule has 0 atom stereocenters. The minimum Gasteiger partial charge on any atom is -0.497 e. The summed E-state index contributed by atoms with van der Waals surface area (Å²) in [5, 5.41) is 13.7. The van der Waals surface area contributed by atoms with E-state index in [1.54, 1.807) is 61.7 Å². The summed E-state index contributed by atoms with van der Waals surface area (Å²) in [7, 11) is 1.56. The number of benzene rings is 2. The number of amides is 1. The Kier molecular flexibility index (Phi) is 5.94. The van der Waals surface area contributed by atoms with Crippen molar-refractivity contribution in [3.63, 3.8) is 0 Å². The average molecular weight is 366 g/mol. The number of methoxy groups -OCH3 is 1. The second kappa shape index (κ2) is 8.75. The molecule has 0 fully saturated rings. The van der Waals surface area contributed by atoms with Crippen LogP contribution in [0.1, 0.15) is 16.1 Å². The van der Waals surface area contributed by atoms with E-state index in [0.717, 1.165) is 0 Å². The van der Waals surface area contributed by atoms with Gasteiger partial charge >= 0.3 is 0 Å². The Labute approximate surface area is 156 Å². The van der Waals surface area contributed by atoms with Crippen LogP contribution in [0.5, 0.6) is 5.75 Å². The average Bonchev–Trinajstić information content (AvgIpc) is 2.70. The lowest BCUT2D eigenvalue weighted by Crippen LogP contribution is -2.15. The number of rotatable bonds is 7. The molecular formula is C20H19FN4O2. The molecule has 0 spiro atoms. The van der Waals surface area contributed by atoms with Gasteiger partial charge in [-0.05, 0) is 42.3 Å². The molecule has 27 heavy (non-hydrogen) atoms. The molecule has 0 radical (unpaired) electrons. The van der Waals surface area contributed by atoms with Gasteiger partial charge in [0.15, 0.2) is 5.69 Å². The largest absolute Gasteiger partial charge is 0.497 e. The van der Waals surface area contributed by atoms with Crippen LogP contribution in [-0.4, -0.2) is 29.8 Å². The van der Waals surface area contributed by atoms with Crippen molar-refractivity contribution in [1.82, 2.24) is 10.2 Å². The van der Waals surface area contributed by atoms with Gasteiger partial charge in [-0.1, -0.05) is 24.3 Å². The second-order valence-electron chi connectivity index (χ2n) is 5.76. The van der Waals surface area contributed by atoms with Gasteiger partial charge in [-0.3, -0.25) is 4.79 Å². The van der Waals surface area contributed by atoms with E-state index in [1.165, 1.54) is 6.07 Å². The Balaban J connectivity index is 1.54. The van der Waals surface area contributed by atoms with Crippen LogP contribution in [0.3, 0.4) is 0 Å². The predicted molar refractivity (Wildman–Crippen MR) is 102 cm³/mol. The summed E-state index contributed by atoms with van der Waals surface area (Å²) in [4.78, 5) is 12.2. The Morgan fingerprint density at radius 2 is 1.93 bits per heavy atom. The number of hydrogen-bond acceptors (Lipinski definition) is 5. The highest BCUT2D eigenvalue weighted by molar-refractivity contribution is 6.02. The molecule has 6 nitrogen and oxygen atoms in total. The van der Waals surface area contributed by atoms with E-state index in [4.69, 9.17) is 4.74 Å². The zero-order valence-corrected chi connectivity index (χ0v) is 14.8. The molecule has 3 aromatic rings. The quantitative estimate of drug-likeness (QED) is 0.669. The highest BCUT2D eigenvalue weighted by Crippen LogP contribution is 2.17. The van der Waals surface area contributed by atoms with Crippen molar-refractivity contribution in [2.45, 2.75) is 6.42 Å². The van der Waals surface area contributed by atoms with E-state index >= 15 is 0 Å². The summed E-state index contributed by atoms with van der Waals surface area (Å²) in [6.07, 6.45) is 0.520. The van der Waals surface area contributed by atoms with Crippen LogP contribution in [-0.2, 0) is 6.42 Å². The molecule has 0 aliphatic rings. The first kappa shape index (κ1) is 18.3. The fourth-order valence-electron chi connectivity index (χ4n) is 2.47. The Bertz CT molecular complexity index is 916. The van der Waals surface area contributed by atoms with Gasteiger partial charge in [-0.25, -0.2) is 4.39 Å². The van der Waals surface area contributed by atoms with Crippen LogP contribution in [0.2, 0.25) is 0 Å². The number of carbonyl (C=O) groups excluding carboxylic acids is 1. The number of anilines is 2. The van der Waals surface area contributed by atoms with E-state index in [-0.39, 0.29) is 17.4 Å². The number of hydrogen-bond donors (Lipinski definition) is 2. The first-order valence-corrected chi connectivity index (χ1v) is 8.42. The molecule has 1 aromatic heterocycles. The molecule has 0 aliphatic carbocycles. The number of ether oxygens (including phenoxy) is 1. The third-order valence-electron chi connectivity index (χ3n) is 3.88. The van der Waals surface area contributed by atoms with E-state index in [1.807, 2.05) is 0 Å². The lowest BCUT2D eigenvalue weighted by Gasteiger charge is -2.08. The number of carbonyl (C=O) groups is 1. The minimum absolute atomic E-state index is 0.192. The van der Waals surface area contributed by atoms with E-state index in [0.29, 0.717) is 35.8 Å². The molecule has 0 saturated carbocycles. The maximum atomic E-state index is 13.6. The maximum absolute atomic E-state index is 13.6. The van der Waals surface area contributed by atoms with Gasteiger partial charge in [-0.2, -0.15) is 0 Å². The first-order chi connectivity index (χ1) is 13.2. The predicted octanol–water partition coefficient (Wildman–Crippen LogP) is 3.53. The SMILES string of the molecule is COc1cccc(NC(=O)c2ccc(NCCc3ccccc3F)nn2)c1. The molecule has 0 saturated heterocycles. The fourth-order valence-corrected chi connectivity index (χ4v) is 2.47. The van der Waals surface area contributed by atoms with Gasteiger partial charge in [0.1, 0.15) is 17.4 Å². The molecule has 3 rings (SSSR count). The number of halogens is 1. The molecule has 2 N–H and O–H groups in total. The summed E-state index contributed by atoms with van der Waals surface area (Å²) in [5.41, 5.74) is 1.43. The molecule has 7 heteroatoms. The van der Waals surface area contributed by atoms with Crippen LogP contribution in [0, 0.1) is 5.82 Å². The molecular weight excluding hydrogens is 347 g/mol. The van der Waals surface area contributed by atoms with Crippen LogP contribution < -0.4 is 15.4 Å². The van der Waals surface area contributed by atoms with Crippen molar-refractivity contribution in [2.75, 3.05) is 24.3 Å². The van der Waals surface area contributed by atoms with Gasteiger partial charge in [0.25, 0.3) is 5.91 Å². The van der Waals surface area contributed by atoms with Crippen molar-refractivity contribution in [1.29, 1.82) is 0 Å². The van der Waals surface area contributed by atoms with Crippen LogP contribution in [0.25, 0.3) is 0 Å². The highest BCUT2D eigenvalue weighted by Gasteiger charge is 2.09. The molecule has 138 valence electrons. The van der Waals surface area contributed by atoms with Crippen molar-refractivity contribution >= 4 is 17.4 Å². The van der Waals surface area contributed by atoms with E-state index in [9.17, 15) is 9.18 Å². The molecule has 1 amide bonds. The fraction of sp³-hybridized carbons (Fsp3) is 0.150. The lowest BCUT2D eigenvalue weighted by atomic mass is 10.1. The highest BCUT2D eigenvalue weighted by atomic mass is 19.1. The Morgan fingerprint density at radius 1 is 1.07 bits per heavy atom. The summed E-state index contributed by atoms with van der Waals surface area (Å²) < 4.78 is 18.7. The summed E-state index contributed by atoms with van der Waals surface area (Å²) in [6, 6.07) is 16.9.